The van der Waals surface area contributed by atoms with Crippen LogP contribution in [0.4, 0.5) is 0 Å². The molecule has 3 aromatic rings. The Labute approximate surface area is 152 Å². The van der Waals surface area contributed by atoms with Crippen molar-refractivity contribution >= 4 is 23.2 Å². The Bertz CT molecular complexity index is 968. The van der Waals surface area contributed by atoms with Gasteiger partial charge in [-0.15, -0.1) is 11.3 Å². The first-order chi connectivity index (χ1) is 12.6. The van der Waals surface area contributed by atoms with Crippen LogP contribution in [-0.4, -0.2) is 59.7 Å². The van der Waals surface area contributed by atoms with E-state index in [9.17, 15) is 9.59 Å². The third-order valence-corrected chi connectivity index (χ3v) is 4.92. The number of carboxylic acids is 1. The molecule has 0 aliphatic carbocycles. The van der Waals surface area contributed by atoms with E-state index in [1.807, 2.05) is 5.38 Å². The van der Waals surface area contributed by atoms with Gasteiger partial charge >= 0.3 is 5.97 Å². The van der Waals surface area contributed by atoms with Crippen LogP contribution in [0, 0.1) is 0 Å². The zero-order valence-electron chi connectivity index (χ0n) is 13.6. The van der Waals surface area contributed by atoms with Crippen molar-refractivity contribution in [1.29, 1.82) is 0 Å². The largest absolute Gasteiger partial charge is 0.476 e. The van der Waals surface area contributed by atoms with Crippen molar-refractivity contribution in [3.8, 4) is 10.8 Å². The Hall–Kier alpha value is -3.14. The van der Waals surface area contributed by atoms with Gasteiger partial charge in [0.05, 0.1) is 12.2 Å². The Kier molecular flexibility index (Phi) is 4.17. The van der Waals surface area contributed by atoms with Crippen molar-refractivity contribution in [2.75, 3.05) is 13.1 Å². The molecule has 0 saturated heterocycles. The smallest absolute Gasteiger partial charge is 0.356 e. The molecular formula is C16H14N6O3S. The van der Waals surface area contributed by atoms with Gasteiger partial charge in [0, 0.05) is 43.4 Å². The molecule has 1 N–H and O–H groups in total. The van der Waals surface area contributed by atoms with E-state index in [0.717, 1.165) is 10.7 Å². The van der Waals surface area contributed by atoms with Crippen LogP contribution in [0.15, 0.2) is 29.9 Å². The van der Waals surface area contributed by atoms with Crippen molar-refractivity contribution in [3.63, 3.8) is 0 Å². The van der Waals surface area contributed by atoms with Crippen LogP contribution < -0.4 is 0 Å². The molecule has 1 aliphatic rings. The zero-order valence-corrected chi connectivity index (χ0v) is 14.4. The summed E-state index contributed by atoms with van der Waals surface area (Å²) >= 11 is 1.47. The molecule has 1 amide bonds. The molecule has 0 aromatic carbocycles. The first-order valence-electron chi connectivity index (χ1n) is 7.94. The standard InChI is InChI=1S/C16H14N6O3S/c23-15-12-8-11(16(24)25)20-22(12)7-6-21(15)5-2-10-9-26-14(19-10)13-17-3-1-4-18-13/h1,3-4,8-9H,2,5-7H2,(H,24,25). The molecular weight excluding hydrogens is 356 g/mol. The van der Waals surface area contributed by atoms with Crippen LogP contribution >= 0.6 is 11.3 Å². The molecule has 9 nitrogen and oxygen atoms in total. The maximum atomic E-state index is 12.5. The highest BCUT2D eigenvalue weighted by Gasteiger charge is 2.27. The van der Waals surface area contributed by atoms with E-state index in [1.165, 1.54) is 22.1 Å². The number of thiazole rings is 1. The van der Waals surface area contributed by atoms with Gasteiger partial charge < -0.3 is 10.0 Å². The summed E-state index contributed by atoms with van der Waals surface area (Å²) in [5, 5.41) is 15.6. The molecule has 0 spiro atoms. The normalized spacial score (nSPS) is 13.7. The van der Waals surface area contributed by atoms with Crippen LogP contribution in [-0.2, 0) is 13.0 Å². The summed E-state index contributed by atoms with van der Waals surface area (Å²) in [4.78, 5) is 38.1. The van der Waals surface area contributed by atoms with E-state index in [4.69, 9.17) is 5.11 Å². The van der Waals surface area contributed by atoms with E-state index in [1.54, 1.807) is 23.4 Å². The molecule has 0 fully saturated rings. The third-order valence-electron chi connectivity index (χ3n) is 4.03. The van der Waals surface area contributed by atoms with Crippen molar-refractivity contribution in [1.82, 2.24) is 29.6 Å². The van der Waals surface area contributed by atoms with Gasteiger partial charge in [-0.1, -0.05) is 0 Å². The summed E-state index contributed by atoms with van der Waals surface area (Å²) in [6.45, 7) is 1.48. The molecule has 3 aromatic heterocycles. The van der Waals surface area contributed by atoms with Gasteiger partial charge in [0.2, 0.25) is 0 Å². The Morgan fingerprint density at radius 3 is 2.85 bits per heavy atom. The van der Waals surface area contributed by atoms with Gasteiger partial charge in [0.1, 0.15) is 5.69 Å². The molecule has 10 heteroatoms. The number of hydrogen-bond acceptors (Lipinski definition) is 7. The first kappa shape index (κ1) is 16.3. The molecule has 4 rings (SSSR count). The molecule has 1 aliphatic heterocycles. The number of fused-ring (bicyclic) bond motifs is 1. The average molecular weight is 370 g/mol. The number of amides is 1. The van der Waals surface area contributed by atoms with Gasteiger partial charge in [0.15, 0.2) is 16.5 Å². The monoisotopic (exact) mass is 370 g/mol. The van der Waals surface area contributed by atoms with Gasteiger partial charge in [-0.2, -0.15) is 5.10 Å². The molecule has 132 valence electrons. The Morgan fingerprint density at radius 2 is 2.08 bits per heavy atom. The van der Waals surface area contributed by atoms with Gasteiger partial charge in [-0.05, 0) is 6.07 Å². The molecule has 0 radical (unpaired) electrons. The highest BCUT2D eigenvalue weighted by Crippen LogP contribution is 2.20. The summed E-state index contributed by atoms with van der Waals surface area (Å²) in [6, 6.07) is 3.07. The van der Waals surface area contributed by atoms with Crippen molar-refractivity contribution in [2.24, 2.45) is 0 Å². The molecule has 0 atom stereocenters. The molecule has 4 heterocycles. The number of carbonyl (C=O) groups excluding carboxylic acids is 1. The number of aromatic carboxylic acids is 1. The molecule has 0 bridgehead atoms. The highest BCUT2D eigenvalue weighted by atomic mass is 32.1. The van der Waals surface area contributed by atoms with Crippen molar-refractivity contribution in [3.05, 3.63) is 47.0 Å². The fraction of sp³-hybridized carbons (Fsp3) is 0.250. The van der Waals surface area contributed by atoms with Gasteiger partial charge in [-0.3, -0.25) is 9.48 Å². The lowest BCUT2D eigenvalue weighted by atomic mass is 10.2. The maximum absolute atomic E-state index is 12.5. The number of carbonyl (C=O) groups is 2. The lowest BCUT2D eigenvalue weighted by Gasteiger charge is -2.27. The van der Waals surface area contributed by atoms with Crippen molar-refractivity contribution in [2.45, 2.75) is 13.0 Å². The SMILES string of the molecule is O=C(O)c1cc2n(n1)CCN(CCc1csc(-c3ncccn3)n1)C2=O. The number of carboxylic acid groups (broad SMARTS) is 1. The number of rotatable bonds is 5. The average Bonchev–Trinajstić information content (AvgIpc) is 3.29. The summed E-state index contributed by atoms with van der Waals surface area (Å²) in [5.74, 6) is -0.759. The van der Waals surface area contributed by atoms with E-state index in [0.29, 0.717) is 37.6 Å². The summed E-state index contributed by atoms with van der Waals surface area (Å²) in [5.41, 5.74) is 1.07. The zero-order chi connectivity index (χ0) is 18.1. The van der Waals surface area contributed by atoms with Gasteiger partial charge in [-0.25, -0.2) is 19.7 Å². The fourth-order valence-corrected chi connectivity index (χ4v) is 3.54. The maximum Gasteiger partial charge on any atom is 0.356 e. The minimum absolute atomic E-state index is 0.109. The highest BCUT2D eigenvalue weighted by molar-refractivity contribution is 7.13. The summed E-state index contributed by atoms with van der Waals surface area (Å²) in [7, 11) is 0. The minimum Gasteiger partial charge on any atom is -0.476 e. The number of aromatic nitrogens is 5. The van der Waals surface area contributed by atoms with E-state index in [-0.39, 0.29) is 11.6 Å². The first-order valence-corrected chi connectivity index (χ1v) is 8.82. The van der Waals surface area contributed by atoms with E-state index < -0.39 is 5.97 Å². The second-order valence-electron chi connectivity index (χ2n) is 5.70. The second-order valence-corrected chi connectivity index (χ2v) is 6.56. The van der Waals surface area contributed by atoms with Crippen LogP contribution in [0.5, 0.6) is 0 Å². The number of nitrogens with zero attached hydrogens (tertiary/aromatic N) is 6. The molecule has 0 saturated carbocycles. The Balaban J connectivity index is 1.43. The van der Waals surface area contributed by atoms with Crippen LogP contribution in [0.25, 0.3) is 10.8 Å². The summed E-state index contributed by atoms with van der Waals surface area (Å²) < 4.78 is 1.45. The lowest BCUT2D eigenvalue weighted by Crippen LogP contribution is -2.41. The molecule has 0 unspecified atom stereocenters. The minimum atomic E-state index is -1.13. The predicted molar refractivity (Wildman–Crippen MR) is 91.9 cm³/mol. The third kappa shape index (κ3) is 3.06. The summed E-state index contributed by atoms with van der Waals surface area (Å²) in [6.07, 6.45) is 3.95. The van der Waals surface area contributed by atoms with Crippen molar-refractivity contribution < 1.29 is 14.7 Å². The Morgan fingerprint density at radius 1 is 1.27 bits per heavy atom. The fourth-order valence-electron chi connectivity index (χ4n) is 2.74. The topological polar surface area (TPSA) is 114 Å². The van der Waals surface area contributed by atoms with E-state index >= 15 is 0 Å². The van der Waals surface area contributed by atoms with Crippen LogP contribution in [0.1, 0.15) is 26.7 Å². The lowest BCUT2D eigenvalue weighted by molar-refractivity contribution is 0.0678. The molecule has 26 heavy (non-hydrogen) atoms. The predicted octanol–water partition coefficient (Wildman–Crippen LogP) is 1.19. The number of hydrogen-bond donors (Lipinski definition) is 1. The van der Waals surface area contributed by atoms with Crippen LogP contribution in [0.2, 0.25) is 0 Å². The van der Waals surface area contributed by atoms with Crippen LogP contribution in [0.3, 0.4) is 0 Å². The van der Waals surface area contributed by atoms with E-state index in [2.05, 4.69) is 20.1 Å². The quantitative estimate of drug-likeness (QED) is 0.717. The second kappa shape index (κ2) is 6.64. The van der Waals surface area contributed by atoms with Gasteiger partial charge in [0.25, 0.3) is 5.91 Å².